The van der Waals surface area contributed by atoms with Crippen molar-refractivity contribution in [3.05, 3.63) is 12.7 Å². The van der Waals surface area contributed by atoms with Crippen molar-refractivity contribution in [1.29, 1.82) is 0 Å². The Hall–Kier alpha value is -0.300. The summed E-state index contributed by atoms with van der Waals surface area (Å²) in [5, 5.41) is 0. The van der Waals surface area contributed by atoms with Crippen molar-refractivity contribution in [3.8, 4) is 0 Å². The standard InChI is InChI=1S/C32H64O/c1-3-5-6-7-8-9-10-11-12-13-14-15-16-17-18-19-20-21-22-23-24-25-26-27-28-29-30-32-33-31-4-2/h4H,2-3,5-32H2,1H3. The molecule has 33 heavy (non-hydrogen) atoms. The third-order valence-corrected chi connectivity index (χ3v) is 7.13. The number of hydrogen-bond donors (Lipinski definition) is 0. The van der Waals surface area contributed by atoms with Crippen molar-refractivity contribution in [2.75, 3.05) is 13.2 Å². The molecule has 0 aromatic rings. The van der Waals surface area contributed by atoms with Crippen LogP contribution in [0, 0.1) is 0 Å². The predicted octanol–water partition coefficient (Wildman–Crippen LogP) is 11.7. The highest BCUT2D eigenvalue weighted by Crippen LogP contribution is 2.16. The van der Waals surface area contributed by atoms with Gasteiger partial charge in [0.1, 0.15) is 0 Å². The zero-order valence-electron chi connectivity index (χ0n) is 23.2. The summed E-state index contributed by atoms with van der Waals surface area (Å²) in [7, 11) is 0. The van der Waals surface area contributed by atoms with Crippen LogP contribution < -0.4 is 0 Å². The second-order valence-electron chi connectivity index (χ2n) is 10.6. The lowest BCUT2D eigenvalue weighted by Gasteiger charge is -2.04. The maximum absolute atomic E-state index is 5.42. The molecule has 0 unspecified atom stereocenters. The first-order valence-corrected chi connectivity index (χ1v) is 15.6. The van der Waals surface area contributed by atoms with Crippen molar-refractivity contribution in [1.82, 2.24) is 0 Å². The van der Waals surface area contributed by atoms with Crippen LogP contribution in [-0.2, 0) is 4.74 Å². The molecule has 0 aliphatic rings. The molecule has 0 aromatic carbocycles. The number of rotatable bonds is 30. The van der Waals surface area contributed by atoms with Crippen molar-refractivity contribution < 1.29 is 4.74 Å². The highest BCUT2D eigenvalue weighted by Gasteiger charge is 1.96. The first-order valence-electron chi connectivity index (χ1n) is 15.6. The molecular formula is C32H64O. The Morgan fingerprint density at radius 3 is 0.879 bits per heavy atom. The van der Waals surface area contributed by atoms with Crippen LogP contribution in [0.5, 0.6) is 0 Å². The van der Waals surface area contributed by atoms with E-state index in [9.17, 15) is 0 Å². The van der Waals surface area contributed by atoms with Crippen LogP contribution in [0.25, 0.3) is 0 Å². The number of ether oxygens (including phenoxy) is 1. The average Bonchev–Trinajstić information content (AvgIpc) is 2.83. The summed E-state index contributed by atoms with van der Waals surface area (Å²) >= 11 is 0. The van der Waals surface area contributed by atoms with Gasteiger partial charge in [0.15, 0.2) is 0 Å². The topological polar surface area (TPSA) is 9.23 Å². The SMILES string of the molecule is C=CCOCCCCCCCCCCCCCCCCCCCCCCCCCCCCC. The van der Waals surface area contributed by atoms with Gasteiger partial charge in [-0.05, 0) is 6.42 Å². The zero-order chi connectivity index (χ0) is 23.9. The molecule has 0 aliphatic heterocycles. The van der Waals surface area contributed by atoms with E-state index in [4.69, 9.17) is 4.74 Å². The smallest absolute Gasteiger partial charge is 0.0644 e. The molecule has 1 nitrogen and oxygen atoms in total. The molecule has 1 heteroatoms. The Labute approximate surface area is 210 Å². The van der Waals surface area contributed by atoms with Crippen LogP contribution in [0.2, 0.25) is 0 Å². The summed E-state index contributed by atoms with van der Waals surface area (Å²) in [5.41, 5.74) is 0. The maximum atomic E-state index is 5.42. The van der Waals surface area contributed by atoms with Crippen LogP contribution in [0.15, 0.2) is 12.7 Å². The molecule has 0 fully saturated rings. The third kappa shape index (κ3) is 31.7. The fraction of sp³-hybridized carbons (Fsp3) is 0.938. The Bertz CT molecular complexity index is 337. The monoisotopic (exact) mass is 464 g/mol. The number of unbranched alkanes of at least 4 members (excludes halogenated alkanes) is 26. The van der Waals surface area contributed by atoms with E-state index in [1.807, 2.05) is 6.08 Å². The summed E-state index contributed by atoms with van der Waals surface area (Å²) in [6.07, 6.45) is 41.0. The molecule has 0 aliphatic carbocycles. The fourth-order valence-corrected chi connectivity index (χ4v) is 4.86. The van der Waals surface area contributed by atoms with Crippen molar-refractivity contribution in [2.24, 2.45) is 0 Å². The second kappa shape index (κ2) is 31.7. The minimum absolute atomic E-state index is 0.708. The van der Waals surface area contributed by atoms with Gasteiger partial charge >= 0.3 is 0 Å². The van der Waals surface area contributed by atoms with Crippen LogP contribution in [0.4, 0.5) is 0 Å². The predicted molar refractivity (Wildman–Crippen MR) is 151 cm³/mol. The largest absolute Gasteiger partial charge is 0.377 e. The van der Waals surface area contributed by atoms with Crippen LogP contribution >= 0.6 is 0 Å². The van der Waals surface area contributed by atoms with E-state index < -0.39 is 0 Å². The minimum Gasteiger partial charge on any atom is -0.377 e. The molecule has 0 bridgehead atoms. The molecule has 198 valence electrons. The highest BCUT2D eigenvalue weighted by atomic mass is 16.5. The normalized spacial score (nSPS) is 11.3. The van der Waals surface area contributed by atoms with Gasteiger partial charge in [0.25, 0.3) is 0 Å². The third-order valence-electron chi connectivity index (χ3n) is 7.13. The maximum Gasteiger partial charge on any atom is 0.0644 e. The highest BCUT2D eigenvalue weighted by molar-refractivity contribution is 4.63. The van der Waals surface area contributed by atoms with E-state index in [0.29, 0.717) is 6.61 Å². The van der Waals surface area contributed by atoms with Gasteiger partial charge in [0, 0.05) is 6.61 Å². The molecule has 0 saturated heterocycles. The molecule has 0 N–H and O–H groups in total. The van der Waals surface area contributed by atoms with Gasteiger partial charge in [0.05, 0.1) is 6.61 Å². The summed E-state index contributed by atoms with van der Waals surface area (Å²) < 4.78 is 5.42. The van der Waals surface area contributed by atoms with Gasteiger partial charge in [-0.2, -0.15) is 0 Å². The lowest BCUT2D eigenvalue weighted by Crippen LogP contribution is -1.93. The van der Waals surface area contributed by atoms with E-state index >= 15 is 0 Å². The molecule has 0 heterocycles. The van der Waals surface area contributed by atoms with Gasteiger partial charge in [-0.15, -0.1) is 6.58 Å². The Kier molecular flexibility index (Phi) is 31.4. The molecule has 0 amide bonds. The second-order valence-corrected chi connectivity index (χ2v) is 10.6. The van der Waals surface area contributed by atoms with Gasteiger partial charge in [0.2, 0.25) is 0 Å². The van der Waals surface area contributed by atoms with Crippen molar-refractivity contribution >= 4 is 0 Å². The molecule has 0 aromatic heterocycles. The summed E-state index contributed by atoms with van der Waals surface area (Å²) in [6, 6.07) is 0. The van der Waals surface area contributed by atoms with Crippen molar-refractivity contribution in [3.63, 3.8) is 0 Å². The molecule has 0 spiro atoms. The molecule has 0 radical (unpaired) electrons. The Morgan fingerprint density at radius 2 is 0.636 bits per heavy atom. The Balaban J connectivity index is 2.99. The van der Waals surface area contributed by atoms with E-state index in [2.05, 4.69) is 13.5 Å². The average molecular weight is 465 g/mol. The van der Waals surface area contributed by atoms with E-state index in [1.54, 1.807) is 0 Å². The van der Waals surface area contributed by atoms with E-state index in [-0.39, 0.29) is 0 Å². The summed E-state index contributed by atoms with van der Waals surface area (Å²) in [5.74, 6) is 0. The molecular weight excluding hydrogens is 400 g/mol. The van der Waals surface area contributed by atoms with E-state index in [1.165, 1.54) is 173 Å². The minimum atomic E-state index is 0.708. The lowest BCUT2D eigenvalue weighted by atomic mass is 10.0. The lowest BCUT2D eigenvalue weighted by molar-refractivity contribution is 0.157. The van der Waals surface area contributed by atoms with Gasteiger partial charge in [-0.25, -0.2) is 0 Å². The van der Waals surface area contributed by atoms with Gasteiger partial charge in [-0.1, -0.05) is 180 Å². The zero-order valence-corrected chi connectivity index (χ0v) is 23.2. The first-order chi connectivity index (χ1) is 16.4. The summed E-state index contributed by atoms with van der Waals surface area (Å²) in [6.45, 7) is 7.59. The fourth-order valence-electron chi connectivity index (χ4n) is 4.86. The van der Waals surface area contributed by atoms with Gasteiger partial charge in [-0.3, -0.25) is 0 Å². The molecule has 0 rings (SSSR count). The van der Waals surface area contributed by atoms with Crippen LogP contribution in [0.3, 0.4) is 0 Å². The molecule has 0 atom stereocenters. The quantitative estimate of drug-likeness (QED) is 0.0758. The summed E-state index contributed by atoms with van der Waals surface area (Å²) in [4.78, 5) is 0. The molecule has 0 saturated carbocycles. The van der Waals surface area contributed by atoms with Gasteiger partial charge < -0.3 is 4.74 Å². The van der Waals surface area contributed by atoms with Crippen molar-refractivity contribution in [2.45, 2.75) is 180 Å². The number of hydrogen-bond acceptors (Lipinski definition) is 1. The van der Waals surface area contributed by atoms with Crippen LogP contribution in [0.1, 0.15) is 180 Å². The Morgan fingerprint density at radius 1 is 0.394 bits per heavy atom. The van der Waals surface area contributed by atoms with Crippen LogP contribution in [-0.4, -0.2) is 13.2 Å². The first kappa shape index (κ1) is 32.7. The van der Waals surface area contributed by atoms with E-state index in [0.717, 1.165) is 6.61 Å².